The zero-order valence-electron chi connectivity index (χ0n) is 15.2. The number of esters is 1. The van der Waals surface area contributed by atoms with Crippen LogP contribution in [-0.2, 0) is 28.5 Å². The summed E-state index contributed by atoms with van der Waals surface area (Å²) in [5.74, 6) is 0.471. The fourth-order valence-corrected chi connectivity index (χ4v) is 5.49. The molecule has 5 aliphatic rings. The Morgan fingerprint density at radius 2 is 2.12 bits per heavy atom. The van der Waals surface area contributed by atoms with E-state index in [1.54, 1.807) is 6.92 Å². The molecule has 0 saturated carbocycles. The average Bonchev–Trinajstić information content (AvgIpc) is 3.12. The van der Waals surface area contributed by atoms with Crippen LogP contribution >= 0.6 is 0 Å². The minimum atomic E-state index is -0.738. The van der Waals surface area contributed by atoms with Gasteiger partial charge in [0.25, 0.3) is 0 Å². The lowest BCUT2D eigenvalue weighted by Crippen LogP contribution is -2.52. The highest BCUT2D eigenvalue weighted by atomic mass is 16.7. The summed E-state index contributed by atoms with van der Waals surface area (Å²) < 4.78 is 23.7. The van der Waals surface area contributed by atoms with E-state index in [0.717, 1.165) is 25.8 Å². The lowest BCUT2D eigenvalue weighted by molar-refractivity contribution is -0.211. The van der Waals surface area contributed by atoms with Gasteiger partial charge in [-0.25, -0.2) is 4.79 Å². The van der Waals surface area contributed by atoms with Gasteiger partial charge in [-0.05, 0) is 19.8 Å². The molecule has 0 spiro atoms. The maximum absolute atomic E-state index is 12.5. The van der Waals surface area contributed by atoms with Crippen LogP contribution in [0.15, 0.2) is 22.9 Å². The van der Waals surface area contributed by atoms with Gasteiger partial charge in [-0.3, -0.25) is 4.79 Å². The van der Waals surface area contributed by atoms with Crippen molar-refractivity contribution in [3.63, 3.8) is 0 Å². The average molecular weight is 361 g/mol. The predicted molar refractivity (Wildman–Crippen MR) is 88.1 cm³/mol. The fraction of sp³-hybridized carbons (Fsp3) is 0.684. The first-order valence-corrected chi connectivity index (χ1v) is 9.35. The van der Waals surface area contributed by atoms with E-state index < -0.39 is 11.8 Å². The standard InChI is InChI=1S/C19H23NO6/c1-9-13-14-11-5-6-12(21)20(14)8-4-7-19(13,25-11)26-16(9)17-15(23-3)10(2)18(22)24-17/h9,11,13-14H,4-8H2,1-3H3/b17-16-/t9-,11-,13+,14-,19+/m0/s1. The highest BCUT2D eigenvalue weighted by Crippen LogP contribution is 2.59. The molecule has 5 rings (SSSR count). The largest absolute Gasteiger partial charge is 0.492 e. The van der Waals surface area contributed by atoms with Gasteiger partial charge in [0.1, 0.15) is 5.76 Å². The molecule has 7 heteroatoms. The van der Waals surface area contributed by atoms with Crippen LogP contribution in [0.4, 0.5) is 0 Å². The number of methoxy groups -OCH3 is 1. The molecule has 5 atom stereocenters. The maximum Gasteiger partial charge on any atom is 0.343 e. The number of amides is 1. The van der Waals surface area contributed by atoms with Crippen LogP contribution in [0, 0.1) is 11.8 Å². The van der Waals surface area contributed by atoms with Crippen LogP contribution in [0.5, 0.6) is 0 Å². The van der Waals surface area contributed by atoms with Gasteiger partial charge in [0.15, 0.2) is 5.76 Å². The summed E-state index contributed by atoms with van der Waals surface area (Å²) in [6.45, 7) is 4.51. The highest BCUT2D eigenvalue weighted by Gasteiger charge is 2.68. The number of nitrogens with zero attached hydrogens (tertiary/aromatic N) is 1. The molecule has 0 radical (unpaired) electrons. The van der Waals surface area contributed by atoms with Crippen LogP contribution in [0.1, 0.15) is 39.5 Å². The lowest BCUT2D eigenvalue weighted by Gasteiger charge is -2.39. The van der Waals surface area contributed by atoms with E-state index in [0.29, 0.717) is 29.3 Å². The van der Waals surface area contributed by atoms with E-state index in [4.69, 9.17) is 18.9 Å². The van der Waals surface area contributed by atoms with Gasteiger partial charge in [-0.15, -0.1) is 0 Å². The van der Waals surface area contributed by atoms with Crippen molar-refractivity contribution in [2.75, 3.05) is 13.7 Å². The molecule has 0 aromatic rings. The molecule has 5 aliphatic heterocycles. The molecule has 2 bridgehead atoms. The summed E-state index contributed by atoms with van der Waals surface area (Å²) in [7, 11) is 1.52. The van der Waals surface area contributed by atoms with Gasteiger partial charge >= 0.3 is 5.97 Å². The maximum atomic E-state index is 12.5. The van der Waals surface area contributed by atoms with E-state index in [9.17, 15) is 9.59 Å². The summed E-state index contributed by atoms with van der Waals surface area (Å²) in [6.07, 6.45) is 2.88. The number of hydrogen-bond donors (Lipinski definition) is 0. The number of ether oxygens (including phenoxy) is 4. The Balaban J connectivity index is 1.60. The number of piperidine rings is 1. The van der Waals surface area contributed by atoms with Crippen molar-refractivity contribution >= 4 is 11.9 Å². The first-order valence-electron chi connectivity index (χ1n) is 9.35. The molecule has 140 valence electrons. The first kappa shape index (κ1) is 16.2. The second-order valence-corrected chi connectivity index (χ2v) is 7.85. The van der Waals surface area contributed by atoms with Crippen LogP contribution in [0.3, 0.4) is 0 Å². The van der Waals surface area contributed by atoms with E-state index in [1.165, 1.54) is 7.11 Å². The van der Waals surface area contributed by atoms with Crippen molar-refractivity contribution in [3.05, 3.63) is 22.9 Å². The Kier molecular flexibility index (Phi) is 3.27. The molecule has 7 nitrogen and oxygen atoms in total. The summed E-state index contributed by atoms with van der Waals surface area (Å²) in [6, 6.07) is 0.0278. The summed E-state index contributed by atoms with van der Waals surface area (Å²) >= 11 is 0. The smallest absolute Gasteiger partial charge is 0.343 e. The zero-order chi connectivity index (χ0) is 18.2. The molecule has 5 heterocycles. The SMILES string of the molecule is COC1=C(C)C(=O)O/C1=C1\O[C@@]23CCCN4C(=O)CC[C@H](O2)[C@H]4[C@H]3[C@@H]1C. The number of carbonyl (C=O) groups is 2. The topological polar surface area (TPSA) is 74.3 Å². The second-order valence-electron chi connectivity index (χ2n) is 7.85. The van der Waals surface area contributed by atoms with Gasteiger partial charge in [0.05, 0.1) is 30.7 Å². The summed E-state index contributed by atoms with van der Waals surface area (Å²) in [4.78, 5) is 26.5. The highest BCUT2D eigenvalue weighted by molar-refractivity contribution is 5.93. The molecule has 1 amide bonds. The van der Waals surface area contributed by atoms with Crippen LogP contribution in [0.2, 0.25) is 0 Å². The van der Waals surface area contributed by atoms with Gasteiger partial charge in [-0.2, -0.15) is 0 Å². The summed E-state index contributed by atoms with van der Waals surface area (Å²) in [5, 5.41) is 0. The number of allylic oxidation sites excluding steroid dienone is 1. The normalized spacial score (nSPS) is 44.0. The van der Waals surface area contributed by atoms with Crippen LogP contribution < -0.4 is 0 Å². The van der Waals surface area contributed by atoms with Crippen molar-refractivity contribution < 1.29 is 28.5 Å². The van der Waals surface area contributed by atoms with E-state index in [2.05, 4.69) is 6.92 Å². The minimum absolute atomic E-state index is 0.0253. The van der Waals surface area contributed by atoms with Crippen molar-refractivity contribution in [1.29, 1.82) is 0 Å². The van der Waals surface area contributed by atoms with E-state index in [-0.39, 0.29) is 29.9 Å². The summed E-state index contributed by atoms with van der Waals surface area (Å²) in [5.41, 5.74) is 0.442. The molecule has 0 unspecified atom stereocenters. The Labute approximate surface area is 151 Å². The third-order valence-electron chi connectivity index (χ3n) is 6.57. The van der Waals surface area contributed by atoms with Gasteiger partial charge in [0.2, 0.25) is 17.5 Å². The molecular formula is C19H23NO6. The van der Waals surface area contributed by atoms with Crippen molar-refractivity contribution in [3.8, 4) is 0 Å². The minimum Gasteiger partial charge on any atom is -0.492 e. The number of carbonyl (C=O) groups excluding carboxylic acids is 2. The number of rotatable bonds is 1. The molecule has 4 saturated heterocycles. The van der Waals surface area contributed by atoms with E-state index in [1.807, 2.05) is 4.90 Å². The predicted octanol–water partition coefficient (Wildman–Crippen LogP) is 1.84. The second kappa shape index (κ2) is 5.25. The zero-order valence-corrected chi connectivity index (χ0v) is 15.2. The Morgan fingerprint density at radius 3 is 2.88 bits per heavy atom. The molecule has 0 aliphatic carbocycles. The van der Waals surface area contributed by atoms with Crippen LogP contribution in [0.25, 0.3) is 0 Å². The fourth-order valence-electron chi connectivity index (χ4n) is 5.49. The van der Waals surface area contributed by atoms with Gasteiger partial charge < -0.3 is 23.8 Å². The van der Waals surface area contributed by atoms with Gasteiger partial charge in [-0.1, -0.05) is 6.92 Å². The molecule has 0 N–H and O–H groups in total. The van der Waals surface area contributed by atoms with Crippen LogP contribution in [-0.4, -0.2) is 48.4 Å². The number of cyclic esters (lactones) is 1. The Bertz CT molecular complexity index is 770. The Morgan fingerprint density at radius 1 is 1.31 bits per heavy atom. The molecular weight excluding hydrogens is 338 g/mol. The molecule has 0 aromatic carbocycles. The third-order valence-corrected chi connectivity index (χ3v) is 6.57. The molecule has 0 aromatic heterocycles. The quantitative estimate of drug-likeness (QED) is 0.664. The van der Waals surface area contributed by atoms with Crippen molar-refractivity contribution in [1.82, 2.24) is 4.90 Å². The first-order chi connectivity index (χ1) is 12.5. The van der Waals surface area contributed by atoms with E-state index >= 15 is 0 Å². The monoisotopic (exact) mass is 361 g/mol. The van der Waals surface area contributed by atoms with Crippen molar-refractivity contribution in [2.24, 2.45) is 11.8 Å². The Hall–Kier alpha value is -2.02. The lowest BCUT2D eigenvalue weighted by atomic mass is 9.79. The van der Waals surface area contributed by atoms with Crippen molar-refractivity contribution in [2.45, 2.75) is 57.5 Å². The number of hydrogen-bond acceptors (Lipinski definition) is 6. The molecule has 4 fully saturated rings. The third kappa shape index (κ3) is 1.87. The molecule has 26 heavy (non-hydrogen) atoms. The van der Waals surface area contributed by atoms with Gasteiger partial charge in [0, 0.05) is 25.3 Å².